The van der Waals surface area contributed by atoms with E-state index < -0.39 is 11.6 Å². The zero-order valence-corrected chi connectivity index (χ0v) is 11.8. The van der Waals surface area contributed by atoms with E-state index in [2.05, 4.69) is 9.88 Å². The number of likely N-dealkylation sites (N-methyl/N-ethyl adjacent to an activating group) is 1. The fourth-order valence-electron chi connectivity index (χ4n) is 2.86. The van der Waals surface area contributed by atoms with Gasteiger partial charge in [-0.3, -0.25) is 0 Å². The summed E-state index contributed by atoms with van der Waals surface area (Å²) < 4.78 is 27.0. The van der Waals surface area contributed by atoms with E-state index in [0.29, 0.717) is 16.9 Å². The van der Waals surface area contributed by atoms with Gasteiger partial charge in [0.05, 0.1) is 5.52 Å². The Labute approximate surface area is 117 Å². The molecule has 0 aliphatic heterocycles. The molecule has 0 fully saturated rings. The lowest BCUT2D eigenvalue weighted by atomic mass is 9.91. The molecule has 1 aromatic carbocycles. The number of aromatic amines is 1. The molecule has 2 nitrogen and oxygen atoms in total. The van der Waals surface area contributed by atoms with E-state index in [-0.39, 0.29) is 12.4 Å². The summed E-state index contributed by atoms with van der Waals surface area (Å²) in [4.78, 5) is 5.29. The first-order valence-electron chi connectivity index (χ1n) is 6.21. The molecular formula is C14H17ClF2N2. The number of rotatable bonds is 1. The van der Waals surface area contributed by atoms with Crippen LogP contribution in [0.2, 0.25) is 0 Å². The van der Waals surface area contributed by atoms with Crippen LogP contribution in [-0.2, 0) is 12.8 Å². The van der Waals surface area contributed by atoms with Gasteiger partial charge in [0.1, 0.15) is 11.6 Å². The van der Waals surface area contributed by atoms with Crippen molar-refractivity contribution in [3.8, 4) is 0 Å². The minimum Gasteiger partial charge on any atom is -0.356 e. The highest BCUT2D eigenvalue weighted by molar-refractivity contribution is 5.86. The lowest BCUT2D eigenvalue weighted by Gasteiger charge is -2.28. The molecule has 3 rings (SSSR count). The highest BCUT2D eigenvalue weighted by Gasteiger charge is 2.24. The van der Waals surface area contributed by atoms with E-state index in [1.807, 2.05) is 14.1 Å². The van der Waals surface area contributed by atoms with E-state index in [9.17, 15) is 8.78 Å². The van der Waals surface area contributed by atoms with Crippen molar-refractivity contribution in [3.05, 3.63) is 35.0 Å². The second-order valence-electron chi connectivity index (χ2n) is 5.25. The van der Waals surface area contributed by atoms with Gasteiger partial charge in [-0.05, 0) is 45.0 Å². The topological polar surface area (TPSA) is 19.0 Å². The molecular weight excluding hydrogens is 270 g/mol. The van der Waals surface area contributed by atoms with E-state index in [4.69, 9.17) is 0 Å². The Kier molecular flexibility index (Phi) is 3.83. The number of hydrogen-bond acceptors (Lipinski definition) is 1. The van der Waals surface area contributed by atoms with Gasteiger partial charge >= 0.3 is 0 Å². The first-order valence-corrected chi connectivity index (χ1v) is 6.21. The Morgan fingerprint density at radius 3 is 2.68 bits per heavy atom. The second kappa shape index (κ2) is 5.10. The van der Waals surface area contributed by atoms with Gasteiger partial charge < -0.3 is 9.88 Å². The third-order valence-corrected chi connectivity index (χ3v) is 3.92. The molecule has 1 heterocycles. The molecule has 1 aromatic heterocycles. The van der Waals surface area contributed by atoms with Crippen molar-refractivity contribution in [2.45, 2.75) is 25.3 Å². The van der Waals surface area contributed by atoms with Crippen molar-refractivity contribution in [2.75, 3.05) is 14.1 Å². The molecule has 2 aromatic rings. The van der Waals surface area contributed by atoms with E-state index in [1.54, 1.807) is 0 Å². The molecule has 1 atom stereocenters. The van der Waals surface area contributed by atoms with Gasteiger partial charge in [0.15, 0.2) is 0 Å². The van der Waals surface area contributed by atoms with Crippen LogP contribution in [0.3, 0.4) is 0 Å². The maximum absolute atomic E-state index is 13.7. The Balaban J connectivity index is 0.00000133. The lowest BCUT2D eigenvalue weighted by Crippen LogP contribution is -2.33. The Morgan fingerprint density at radius 2 is 2.00 bits per heavy atom. The van der Waals surface area contributed by atoms with Crippen LogP contribution in [0.15, 0.2) is 12.1 Å². The highest BCUT2D eigenvalue weighted by Crippen LogP contribution is 2.32. The summed E-state index contributed by atoms with van der Waals surface area (Å²) in [5.41, 5.74) is 2.58. The number of halogens is 3. The van der Waals surface area contributed by atoms with Crippen molar-refractivity contribution < 1.29 is 8.78 Å². The number of H-pyrrole nitrogens is 1. The van der Waals surface area contributed by atoms with Crippen LogP contribution in [-0.4, -0.2) is 30.0 Å². The van der Waals surface area contributed by atoms with E-state index in [0.717, 1.165) is 36.6 Å². The average molecular weight is 287 g/mol. The zero-order valence-electron chi connectivity index (χ0n) is 11.0. The van der Waals surface area contributed by atoms with Crippen LogP contribution in [0.4, 0.5) is 8.78 Å². The van der Waals surface area contributed by atoms with Crippen molar-refractivity contribution in [2.24, 2.45) is 0 Å². The molecule has 1 N–H and O–H groups in total. The summed E-state index contributed by atoms with van der Waals surface area (Å²) in [5.74, 6) is -1.01. The molecule has 0 spiro atoms. The van der Waals surface area contributed by atoms with Gasteiger partial charge in [0, 0.05) is 23.2 Å². The number of nitrogens with zero attached hydrogens (tertiary/aromatic N) is 1. The quantitative estimate of drug-likeness (QED) is 0.852. The minimum absolute atomic E-state index is 0. The van der Waals surface area contributed by atoms with Gasteiger partial charge in [-0.1, -0.05) is 0 Å². The molecule has 1 aliphatic rings. The molecule has 1 unspecified atom stereocenters. The SMILES string of the molecule is CN(C)C1CCc2[nH]c3c(F)cc(F)cc3c2C1.Cl. The van der Waals surface area contributed by atoms with Gasteiger partial charge in [0.2, 0.25) is 0 Å². The maximum atomic E-state index is 13.7. The summed E-state index contributed by atoms with van der Waals surface area (Å²) in [6.45, 7) is 0. The van der Waals surface area contributed by atoms with Crippen LogP contribution in [0, 0.1) is 11.6 Å². The van der Waals surface area contributed by atoms with Gasteiger partial charge in [-0.15, -0.1) is 12.4 Å². The molecule has 19 heavy (non-hydrogen) atoms. The normalized spacial score (nSPS) is 18.5. The predicted octanol–water partition coefficient (Wildman–Crippen LogP) is 3.29. The van der Waals surface area contributed by atoms with E-state index in [1.165, 1.54) is 6.07 Å². The number of hydrogen-bond donors (Lipinski definition) is 1. The average Bonchev–Trinajstić information content (AvgIpc) is 2.67. The Hall–Kier alpha value is -1.13. The first kappa shape index (κ1) is 14.3. The first-order chi connectivity index (χ1) is 8.56. The monoisotopic (exact) mass is 286 g/mol. The van der Waals surface area contributed by atoms with Gasteiger partial charge in [-0.25, -0.2) is 8.78 Å². The number of aryl methyl sites for hydroxylation is 1. The molecule has 0 radical (unpaired) electrons. The van der Waals surface area contributed by atoms with Crippen LogP contribution in [0.1, 0.15) is 17.7 Å². The summed E-state index contributed by atoms with van der Waals surface area (Å²) in [6, 6.07) is 2.82. The number of benzene rings is 1. The van der Waals surface area contributed by atoms with E-state index >= 15 is 0 Å². The molecule has 0 saturated heterocycles. The van der Waals surface area contributed by atoms with Crippen LogP contribution in [0.25, 0.3) is 10.9 Å². The standard InChI is InChI=1S/C14H16F2N2.ClH/c1-18(2)9-3-4-13-10(7-9)11-5-8(15)6-12(16)14(11)17-13;/h5-6,9,17H,3-4,7H2,1-2H3;1H. The zero-order chi connectivity index (χ0) is 12.9. The second-order valence-corrected chi connectivity index (χ2v) is 5.25. The predicted molar refractivity (Wildman–Crippen MR) is 75.0 cm³/mol. The Bertz CT molecular complexity index is 607. The molecule has 5 heteroatoms. The fraction of sp³-hybridized carbons (Fsp3) is 0.429. The van der Waals surface area contributed by atoms with Crippen LogP contribution in [0.5, 0.6) is 0 Å². The maximum Gasteiger partial charge on any atom is 0.150 e. The molecule has 0 saturated carbocycles. The largest absolute Gasteiger partial charge is 0.356 e. The summed E-state index contributed by atoms with van der Waals surface area (Å²) in [6.07, 6.45) is 2.80. The highest BCUT2D eigenvalue weighted by atomic mass is 35.5. The van der Waals surface area contributed by atoms with Crippen LogP contribution >= 0.6 is 12.4 Å². The molecule has 0 amide bonds. The molecule has 0 bridgehead atoms. The van der Waals surface area contributed by atoms with Gasteiger partial charge in [-0.2, -0.15) is 0 Å². The molecule has 104 valence electrons. The minimum atomic E-state index is -0.506. The fourth-order valence-corrected chi connectivity index (χ4v) is 2.86. The third-order valence-electron chi connectivity index (χ3n) is 3.92. The number of nitrogens with one attached hydrogen (secondary N) is 1. The summed E-state index contributed by atoms with van der Waals surface area (Å²) >= 11 is 0. The molecule has 1 aliphatic carbocycles. The summed E-state index contributed by atoms with van der Waals surface area (Å²) in [5, 5.41) is 0.703. The van der Waals surface area contributed by atoms with Crippen molar-refractivity contribution in [3.63, 3.8) is 0 Å². The number of aromatic nitrogens is 1. The lowest BCUT2D eigenvalue weighted by molar-refractivity contribution is 0.268. The van der Waals surface area contributed by atoms with Crippen molar-refractivity contribution >= 4 is 23.3 Å². The smallest absolute Gasteiger partial charge is 0.150 e. The summed E-state index contributed by atoms with van der Waals surface area (Å²) in [7, 11) is 4.09. The third kappa shape index (κ3) is 2.35. The number of fused-ring (bicyclic) bond motifs is 3. The van der Waals surface area contributed by atoms with Crippen molar-refractivity contribution in [1.29, 1.82) is 0 Å². The van der Waals surface area contributed by atoms with Crippen LogP contribution < -0.4 is 0 Å². The van der Waals surface area contributed by atoms with Gasteiger partial charge in [0.25, 0.3) is 0 Å². The van der Waals surface area contributed by atoms with Crippen molar-refractivity contribution in [1.82, 2.24) is 9.88 Å². The Morgan fingerprint density at radius 1 is 1.26 bits per heavy atom.